The summed E-state index contributed by atoms with van der Waals surface area (Å²) in [7, 11) is 1.58. The van der Waals surface area contributed by atoms with Crippen LogP contribution in [0.25, 0.3) is 10.9 Å². The third kappa shape index (κ3) is 1.86. The molecule has 1 heterocycles. The van der Waals surface area contributed by atoms with Gasteiger partial charge in [-0.15, -0.1) is 0 Å². The lowest BCUT2D eigenvalue weighted by atomic mass is 10.2. The van der Waals surface area contributed by atoms with Gasteiger partial charge in [-0.3, -0.25) is 4.79 Å². The minimum absolute atomic E-state index is 0.203. The number of methoxy groups -OCH3 is 1. The normalized spacial score (nSPS) is 10.4. The minimum Gasteiger partial charge on any atom is -0.497 e. The van der Waals surface area contributed by atoms with Crippen LogP contribution in [0.15, 0.2) is 22.7 Å². The summed E-state index contributed by atoms with van der Waals surface area (Å²) >= 11 is 3.25. The number of rotatable bonds is 2. The first-order valence-electron chi connectivity index (χ1n) is 4.47. The molecule has 0 fully saturated rings. The van der Waals surface area contributed by atoms with Gasteiger partial charge in [-0.25, -0.2) is 4.98 Å². The predicted molar refractivity (Wildman–Crippen MR) is 63.3 cm³/mol. The number of pyridine rings is 1. The Hall–Kier alpha value is -1.62. The molecule has 2 aromatic rings. The standard InChI is InChI=1S/C11H8BrN2O2/c1-16-7-2-3-9-6(4-7)5-8(12)10(14-9)11(13)15/h2,4-5H,1H3,(H2,13,15). The first-order valence-corrected chi connectivity index (χ1v) is 5.27. The summed E-state index contributed by atoms with van der Waals surface area (Å²) < 4.78 is 5.64. The first kappa shape index (κ1) is 10.9. The lowest BCUT2D eigenvalue weighted by Gasteiger charge is -2.04. The van der Waals surface area contributed by atoms with E-state index in [2.05, 4.69) is 27.0 Å². The highest BCUT2D eigenvalue weighted by molar-refractivity contribution is 9.10. The van der Waals surface area contributed by atoms with Gasteiger partial charge >= 0.3 is 0 Å². The number of carbonyl (C=O) groups excluding carboxylic acids is 1. The summed E-state index contributed by atoms with van der Waals surface area (Å²) in [4.78, 5) is 15.2. The van der Waals surface area contributed by atoms with Crippen LogP contribution in [0.1, 0.15) is 10.5 Å². The molecule has 0 aliphatic heterocycles. The number of hydrogen-bond donors (Lipinski definition) is 1. The maximum atomic E-state index is 11.1. The van der Waals surface area contributed by atoms with Crippen molar-refractivity contribution in [3.63, 3.8) is 0 Å². The molecule has 0 bridgehead atoms. The first-order chi connectivity index (χ1) is 7.61. The molecule has 5 heteroatoms. The van der Waals surface area contributed by atoms with E-state index >= 15 is 0 Å². The summed E-state index contributed by atoms with van der Waals surface area (Å²) in [5.41, 5.74) is 5.98. The number of ether oxygens (including phenoxy) is 1. The lowest BCUT2D eigenvalue weighted by Crippen LogP contribution is -2.13. The maximum absolute atomic E-state index is 11.1. The van der Waals surface area contributed by atoms with Gasteiger partial charge in [-0.05, 0) is 34.1 Å². The number of nitrogens with two attached hydrogens (primary N) is 1. The summed E-state index contributed by atoms with van der Waals surface area (Å²) in [5, 5.41) is 0.830. The number of fused-ring (bicyclic) bond motifs is 1. The lowest BCUT2D eigenvalue weighted by molar-refractivity contribution is 0.0995. The van der Waals surface area contributed by atoms with Crippen LogP contribution in [0.5, 0.6) is 5.75 Å². The Balaban J connectivity index is 2.68. The van der Waals surface area contributed by atoms with Crippen molar-refractivity contribution in [3.8, 4) is 5.75 Å². The van der Waals surface area contributed by atoms with E-state index in [9.17, 15) is 4.79 Å². The van der Waals surface area contributed by atoms with Crippen molar-refractivity contribution in [3.05, 3.63) is 34.4 Å². The number of carbonyl (C=O) groups is 1. The van der Waals surface area contributed by atoms with Gasteiger partial charge in [0.1, 0.15) is 11.4 Å². The molecule has 0 spiro atoms. The molecule has 0 atom stereocenters. The molecule has 1 aromatic heterocycles. The molecule has 16 heavy (non-hydrogen) atoms. The van der Waals surface area contributed by atoms with E-state index in [1.54, 1.807) is 19.2 Å². The van der Waals surface area contributed by atoms with E-state index in [1.165, 1.54) is 0 Å². The average Bonchev–Trinajstić information content (AvgIpc) is 2.27. The van der Waals surface area contributed by atoms with E-state index < -0.39 is 5.91 Å². The third-order valence-corrected chi connectivity index (χ3v) is 2.73. The van der Waals surface area contributed by atoms with Crippen molar-refractivity contribution in [2.24, 2.45) is 5.73 Å². The molecule has 0 aliphatic carbocycles. The number of aromatic nitrogens is 1. The number of amides is 1. The minimum atomic E-state index is -0.571. The number of nitrogens with zero attached hydrogens (tertiary/aromatic N) is 1. The number of halogens is 1. The molecule has 1 radical (unpaired) electrons. The van der Waals surface area contributed by atoms with Gasteiger partial charge in [0.25, 0.3) is 5.91 Å². The molecule has 1 aromatic carbocycles. The number of benzene rings is 1. The fraction of sp³-hybridized carbons (Fsp3) is 0.0909. The molecule has 0 saturated carbocycles. The van der Waals surface area contributed by atoms with Crippen LogP contribution in [0.4, 0.5) is 0 Å². The Morgan fingerprint density at radius 1 is 1.56 bits per heavy atom. The van der Waals surface area contributed by atoms with Crippen molar-refractivity contribution in [2.45, 2.75) is 0 Å². The molecule has 0 saturated heterocycles. The highest BCUT2D eigenvalue weighted by Gasteiger charge is 2.10. The van der Waals surface area contributed by atoms with Crippen LogP contribution in [-0.4, -0.2) is 18.0 Å². The Morgan fingerprint density at radius 3 is 2.94 bits per heavy atom. The van der Waals surface area contributed by atoms with Crippen LogP contribution < -0.4 is 10.5 Å². The maximum Gasteiger partial charge on any atom is 0.268 e. The highest BCUT2D eigenvalue weighted by Crippen LogP contribution is 2.24. The molecule has 0 unspecified atom stereocenters. The molecule has 1 amide bonds. The zero-order valence-electron chi connectivity index (χ0n) is 8.45. The van der Waals surface area contributed by atoms with Crippen molar-refractivity contribution in [1.29, 1.82) is 0 Å². The van der Waals surface area contributed by atoms with Crippen LogP contribution in [0.2, 0.25) is 0 Å². The van der Waals surface area contributed by atoms with Crippen LogP contribution in [0, 0.1) is 6.07 Å². The van der Waals surface area contributed by atoms with E-state index in [0.717, 1.165) is 5.39 Å². The molecule has 2 N–H and O–H groups in total. The quantitative estimate of drug-likeness (QED) is 0.913. The van der Waals surface area contributed by atoms with Gasteiger partial charge in [-0.1, -0.05) is 0 Å². The zero-order valence-corrected chi connectivity index (χ0v) is 10.0. The molecular formula is C11H8BrN2O2. The molecular weight excluding hydrogens is 272 g/mol. The predicted octanol–water partition coefficient (Wildman–Crippen LogP) is 1.90. The van der Waals surface area contributed by atoms with Crippen LogP contribution in [0.3, 0.4) is 0 Å². The Bertz CT molecular complexity index is 569. The monoisotopic (exact) mass is 279 g/mol. The number of primary amides is 1. The second kappa shape index (κ2) is 4.09. The van der Waals surface area contributed by atoms with E-state index in [-0.39, 0.29) is 5.69 Å². The van der Waals surface area contributed by atoms with E-state index in [1.807, 2.05) is 6.07 Å². The Kier molecular flexibility index (Phi) is 2.78. The van der Waals surface area contributed by atoms with Crippen molar-refractivity contribution < 1.29 is 9.53 Å². The summed E-state index contributed by atoms with van der Waals surface area (Å²) in [5.74, 6) is 0.117. The molecule has 4 nitrogen and oxygen atoms in total. The Labute approximate surface area is 101 Å². The van der Waals surface area contributed by atoms with Gasteiger partial charge in [0, 0.05) is 15.9 Å². The largest absolute Gasteiger partial charge is 0.497 e. The fourth-order valence-corrected chi connectivity index (χ4v) is 1.88. The zero-order chi connectivity index (χ0) is 11.7. The third-order valence-electron chi connectivity index (χ3n) is 2.12. The number of hydrogen-bond acceptors (Lipinski definition) is 3. The van der Waals surface area contributed by atoms with Gasteiger partial charge < -0.3 is 10.5 Å². The fourth-order valence-electron chi connectivity index (χ4n) is 1.35. The van der Waals surface area contributed by atoms with Crippen molar-refractivity contribution in [1.82, 2.24) is 4.98 Å². The molecule has 81 valence electrons. The van der Waals surface area contributed by atoms with Crippen molar-refractivity contribution >= 4 is 32.7 Å². The summed E-state index contributed by atoms with van der Waals surface area (Å²) in [6.07, 6.45) is 0. The molecule has 2 rings (SSSR count). The second-order valence-corrected chi connectivity index (χ2v) is 4.01. The highest BCUT2D eigenvalue weighted by atomic mass is 79.9. The summed E-state index contributed by atoms with van der Waals surface area (Å²) in [6, 6.07) is 8.17. The van der Waals surface area contributed by atoms with Gasteiger partial charge in [-0.2, -0.15) is 0 Å². The smallest absolute Gasteiger partial charge is 0.268 e. The van der Waals surface area contributed by atoms with E-state index in [4.69, 9.17) is 10.5 Å². The van der Waals surface area contributed by atoms with Gasteiger partial charge in [0.05, 0.1) is 12.6 Å². The average molecular weight is 280 g/mol. The Morgan fingerprint density at radius 2 is 2.31 bits per heavy atom. The topological polar surface area (TPSA) is 65.2 Å². The van der Waals surface area contributed by atoms with Gasteiger partial charge in [0.15, 0.2) is 0 Å². The van der Waals surface area contributed by atoms with Crippen LogP contribution >= 0.6 is 15.9 Å². The second-order valence-electron chi connectivity index (χ2n) is 3.16. The van der Waals surface area contributed by atoms with Gasteiger partial charge in [0.2, 0.25) is 0 Å². The van der Waals surface area contributed by atoms with Crippen molar-refractivity contribution in [2.75, 3.05) is 7.11 Å². The summed E-state index contributed by atoms with van der Waals surface area (Å²) in [6.45, 7) is 0. The van der Waals surface area contributed by atoms with E-state index in [0.29, 0.717) is 15.7 Å². The molecule has 0 aliphatic rings. The SMILES string of the molecule is COc1c[c]c2nc(C(N)=O)c(Br)cc2c1. The van der Waals surface area contributed by atoms with Crippen LogP contribution in [-0.2, 0) is 0 Å².